The van der Waals surface area contributed by atoms with Crippen molar-refractivity contribution >= 4 is 52.4 Å². The van der Waals surface area contributed by atoms with Gasteiger partial charge in [-0.3, -0.25) is 19.4 Å². The molecule has 0 fully saturated rings. The van der Waals surface area contributed by atoms with Crippen molar-refractivity contribution in [1.29, 1.82) is 0 Å². The summed E-state index contributed by atoms with van der Waals surface area (Å²) in [6, 6.07) is 7.56. The fourth-order valence-corrected chi connectivity index (χ4v) is 3.43. The molecule has 0 bridgehead atoms. The number of rotatable bonds is 6. The van der Waals surface area contributed by atoms with Crippen LogP contribution in [0.1, 0.15) is 15.9 Å². The van der Waals surface area contributed by atoms with Gasteiger partial charge < -0.3 is 16.4 Å². The molecule has 0 aliphatic heterocycles. The molecule has 0 saturated heterocycles. The minimum atomic E-state index is -4.62. The number of hydrogen-bond acceptors (Lipinski definition) is 6. The van der Waals surface area contributed by atoms with E-state index >= 15 is 0 Å². The Bertz CT molecular complexity index is 1320. The maximum Gasteiger partial charge on any atom is 0.416 e. The van der Waals surface area contributed by atoms with Crippen LogP contribution in [-0.2, 0) is 11.0 Å². The van der Waals surface area contributed by atoms with Crippen LogP contribution in [0.25, 0.3) is 0 Å². The summed E-state index contributed by atoms with van der Waals surface area (Å²) in [6.07, 6.45) is -4.62. The van der Waals surface area contributed by atoms with Crippen LogP contribution in [0.4, 0.5) is 34.8 Å². The number of nitrogen functional groups attached to an aromatic ring is 1. The van der Waals surface area contributed by atoms with Crippen molar-refractivity contribution < 1.29 is 27.2 Å². The van der Waals surface area contributed by atoms with Crippen LogP contribution in [0.2, 0.25) is 5.02 Å². The minimum Gasteiger partial charge on any atom is -0.382 e. The van der Waals surface area contributed by atoms with Gasteiger partial charge in [-0.1, -0.05) is 35.5 Å². The molecule has 14 heteroatoms. The minimum absolute atomic E-state index is 0.0999. The van der Waals surface area contributed by atoms with E-state index in [9.17, 15) is 31.9 Å². The Morgan fingerprint density at radius 1 is 1.15 bits per heavy atom. The summed E-state index contributed by atoms with van der Waals surface area (Å²) in [5.74, 6) is -3.21. The number of nitrogens with one attached hydrogen (secondary N) is 3. The third-order valence-corrected chi connectivity index (χ3v) is 5.39. The van der Waals surface area contributed by atoms with E-state index in [1.54, 1.807) is 0 Å². The molecule has 0 aliphatic rings. The summed E-state index contributed by atoms with van der Waals surface area (Å²) in [5, 5.41) is 4.23. The lowest BCUT2D eigenvalue weighted by atomic mass is 10.2. The normalized spacial score (nSPS) is 11.2. The summed E-state index contributed by atoms with van der Waals surface area (Å²) in [6.45, 7) is 0. The maximum atomic E-state index is 13.7. The summed E-state index contributed by atoms with van der Waals surface area (Å²) >= 11 is 6.56. The molecule has 2 amide bonds. The maximum absolute atomic E-state index is 13.7. The Morgan fingerprint density at radius 2 is 1.85 bits per heavy atom. The standard InChI is InChI=1S/C20H14ClF4N5O3S/c21-11-6-5-9(20(23,24)25)7-13(11)27-14(31)8-34-19-29-16(26)15(18(33)30-19)28-17(32)10-3-1-2-4-12(10)22/h1-7H,8H2,(H,27,31)(H,28,32)(H3,26,29,30,33). The Hall–Kier alpha value is -3.58. The van der Waals surface area contributed by atoms with Crippen molar-refractivity contribution in [1.82, 2.24) is 9.97 Å². The highest BCUT2D eigenvalue weighted by Crippen LogP contribution is 2.34. The molecule has 1 aromatic heterocycles. The van der Waals surface area contributed by atoms with Crippen LogP contribution >= 0.6 is 23.4 Å². The number of aromatic nitrogens is 2. The van der Waals surface area contributed by atoms with Crippen LogP contribution in [0.15, 0.2) is 52.4 Å². The second kappa shape index (κ2) is 10.1. The second-order valence-corrected chi connectivity index (χ2v) is 7.97. The number of nitrogens with zero attached hydrogens (tertiary/aromatic N) is 1. The monoisotopic (exact) mass is 515 g/mol. The highest BCUT2D eigenvalue weighted by Gasteiger charge is 2.31. The van der Waals surface area contributed by atoms with Gasteiger partial charge in [0, 0.05) is 0 Å². The SMILES string of the molecule is Nc1nc(SCC(=O)Nc2cc(C(F)(F)F)ccc2Cl)[nH]c(=O)c1NC(=O)c1ccccc1F. The fourth-order valence-electron chi connectivity index (χ4n) is 2.60. The smallest absolute Gasteiger partial charge is 0.382 e. The average Bonchev–Trinajstić information content (AvgIpc) is 2.75. The number of benzene rings is 2. The predicted octanol–water partition coefficient (Wildman–Crippen LogP) is 4.15. The molecule has 0 aliphatic carbocycles. The first kappa shape index (κ1) is 25.1. The number of H-pyrrole nitrogens is 1. The molecule has 1 heterocycles. The molecule has 3 rings (SSSR count). The molecule has 2 aromatic carbocycles. The first-order valence-corrected chi connectivity index (χ1v) is 10.6. The van der Waals surface area contributed by atoms with Crippen molar-refractivity contribution in [3.8, 4) is 0 Å². The number of nitrogens with two attached hydrogens (primary N) is 1. The van der Waals surface area contributed by atoms with Crippen LogP contribution in [0.3, 0.4) is 0 Å². The number of amides is 2. The number of carbonyl (C=O) groups is 2. The van der Waals surface area contributed by atoms with Crippen LogP contribution < -0.4 is 21.9 Å². The molecular formula is C20H14ClF4N5O3S. The fraction of sp³-hybridized carbons (Fsp3) is 0.100. The molecule has 5 N–H and O–H groups in total. The number of aromatic amines is 1. The molecular weight excluding hydrogens is 502 g/mol. The third-order valence-electron chi connectivity index (χ3n) is 4.19. The Labute approximate surface area is 197 Å². The summed E-state index contributed by atoms with van der Waals surface area (Å²) in [7, 11) is 0. The zero-order chi connectivity index (χ0) is 25.0. The van der Waals surface area contributed by atoms with Crippen molar-refractivity contribution in [2.24, 2.45) is 0 Å². The Balaban J connectivity index is 1.67. The summed E-state index contributed by atoms with van der Waals surface area (Å²) < 4.78 is 52.3. The van der Waals surface area contributed by atoms with E-state index in [1.807, 2.05) is 0 Å². The molecule has 0 spiro atoms. The molecule has 8 nitrogen and oxygen atoms in total. The van der Waals surface area contributed by atoms with E-state index in [2.05, 4.69) is 20.6 Å². The van der Waals surface area contributed by atoms with Gasteiger partial charge in [0.1, 0.15) is 11.5 Å². The van der Waals surface area contributed by atoms with Gasteiger partial charge in [-0.05, 0) is 30.3 Å². The van der Waals surface area contributed by atoms with E-state index < -0.39 is 46.4 Å². The van der Waals surface area contributed by atoms with E-state index in [0.29, 0.717) is 6.07 Å². The highest BCUT2D eigenvalue weighted by atomic mass is 35.5. The number of carbonyl (C=O) groups excluding carboxylic acids is 2. The number of halogens is 5. The first-order valence-electron chi connectivity index (χ1n) is 9.20. The van der Waals surface area contributed by atoms with Gasteiger partial charge in [0.2, 0.25) is 5.91 Å². The third kappa shape index (κ3) is 6.05. The van der Waals surface area contributed by atoms with Crippen LogP contribution in [-0.4, -0.2) is 27.5 Å². The van der Waals surface area contributed by atoms with Gasteiger partial charge in [0.25, 0.3) is 11.5 Å². The number of thioether (sulfide) groups is 1. The van der Waals surface area contributed by atoms with Gasteiger partial charge in [-0.25, -0.2) is 9.37 Å². The van der Waals surface area contributed by atoms with Gasteiger partial charge in [-0.2, -0.15) is 13.2 Å². The summed E-state index contributed by atoms with van der Waals surface area (Å²) in [4.78, 5) is 42.8. The van der Waals surface area contributed by atoms with Gasteiger partial charge >= 0.3 is 6.18 Å². The van der Waals surface area contributed by atoms with E-state index in [0.717, 1.165) is 30.0 Å². The van der Waals surface area contributed by atoms with Crippen LogP contribution in [0, 0.1) is 5.82 Å². The lowest BCUT2D eigenvalue weighted by molar-refractivity contribution is -0.137. The van der Waals surface area contributed by atoms with Crippen molar-refractivity contribution in [2.45, 2.75) is 11.3 Å². The quantitative estimate of drug-likeness (QED) is 0.222. The number of anilines is 3. The Morgan fingerprint density at radius 3 is 2.50 bits per heavy atom. The van der Waals surface area contributed by atoms with Crippen LogP contribution in [0.5, 0.6) is 0 Å². The molecule has 3 aromatic rings. The topological polar surface area (TPSA) is 130 Å². The van der Waals surface area contributed by atoms with Crippen molar-refractivity contribution in [3.63, 3.8) is 0 Å². The molecule has 34 heavy (non-hydrogen) atoms. The van der Waals surface area contributed by atoms with E-state index in [4.69, 9.17) is 17.3 Å². The highest BCUT2D eigenvalue weighted by molar-refractivity contribution is 7.99. The Kier molecular flexibility index (Phi) is 7.47. The van der Waals surface area contributed by atoms with Crippen molar-refractivity contribution in [2.75, 3.05) is 22.1 Å². The van der Waals surface area contributed by atoms with Gasteiger partial charge in [0.15, 0.2) is 11.0 Å². The largest absolute Gasteiger partial charge is 0.416 e. The molecule has 0 radical (unpaired) electrons. The zero-order valence-corrected chi connectivity index (χ0v) is 18.4. The number of alkyl halides is 3. The number of hydrogen-bond donors (Lipinski definition) is 4. The molecule has 0 unspecified atom stereocenters. The van der Waals surface area contributed by atoms with Gasteiger partial charge in [-0.15, -0.1) is 0 Å². The van der Waals surface area contributed by atoms with E-state index in [1.165, 1.54) is 18.2 Å². The predicted molar refractivity (Wildman–Crippen MR) is 119 cm³/mol. The summed E-state index contributed by atoms with van der Waals surface area (Å²) in [5.41, 5.74) is 2.89. The lowest BCUT2D eigenvalue weighted by Gasteiger charge is -2.12. The second-order valence-electron chi connectivity index (χ2n) is 6.59. The molecule has 0 saturated carbocycles. The molecule has 178 valence electrons. The molecule has 0 atom stereocenters. The first-order chi connectivity index (χ1) is 16.0. The van der Waals surface area contributed by atoms with E-state index in [-0.39, 0.29) is 27.2 Å². The zero-order valence-electron chi connectivity index (χ0n) is 16.8. The lowest BCUT2D eigenvalue weighted by Crippen LogP contribution is -2.24. The van der Waals surface area contributed by atoms with Crippen molar-refractivity contribution in [3.05, 3.63) is 74.8 Å². The average molecular weight is 516 g/mol. The van der Waals surface area contributed by atoms with Gasteiger partial charge in [0.05, 0.1) is 27.6 Å².